The minimum absolute atomic E-state index is 0.169. The van der Waals surface area contributed by atoms with Crippen LogP contribution in [0.5, 0.6) is 0 Å². The first-order valence-electron chi connectivity index (χ1n) is 5.94. The van der Waals surface area contributed by atoms with E-state index in [1.54, 1.807) is 0 Å². The summed E-state index contributed by atoms with van der Waals surface area (Å²) in [5.74, 6) is 0. The SMILES string of the molecule is N#Cc1ccc(NC2CCN(C(=O)O)C2)c([N+](=O)[O-])c1. The zero-order chi connectivity index (χ0) is 14.7. The molecule has 20 heavy (non-hydrogen) atoms. The number of hydrogen-bond acceptors (Lipinski definition) is 5. The van der Waals surface area contributed by atoms with Gasteiger partial charge in [0.2, 0.25) is 0 Å². The summed E-state index contributed by atoms with van der Waals surface area (Å²) in [6.07, 6.45) is -0.410. The van der Waals surface area contributed by atoms with Crippen molar-refractivity contribution >= 4 is 17.5 Å². The quantitative estimate of drug-likeness (QED) is 0.639. The van der Waals surface area contributed by atoms with E-state index in [1.165, 1.54) is 23.1 Å². The van der Waals surface area contributed by atoms with Crippen LogP contribution in [0, 0.1) is 21.4 Å². The molecule has 1 atom stereocenters. The van der Waals surface area contributed by atoms with E-state index in [-0.39, 0.29) is 23.8 Å². The maximum atomic E-state index is 11.0. The maximum Gasteiger partial charge on any atom is 0.407 e. The van der Waals surface area contributed by atoms with E-state index in [0.29, 0.717) is 18.7 Å². The topological polar surface area (TPSA) is 120 Å². The molecule has 1 aromatic carbocycles. The summed E-state index contributed by atoms with van der Waals surface area (Å²) in [4.78, 5) is 22.5. The van der Waals surface area contributed by atoms with Crippen LogP contribution in [-0.2, 0) is 0 Å². The molecular formula is C12H12N4O4. The third kappa shape index (κ3) is 2.77. The number of nitrogens with one attached hydrogen (secondary N) is 1. The monoisotopic (exact) mass is 276 g/mol. The van der Waals surface area contributed by atoms with Gasteiger partial charge < -0.3 is 15.3 Å². The van der Waals surface area contributed by atoms with Crippen molar-refractivity contribution in [2.24, 2.45) is 0 Å². The molecule has 1 aliphatic rings. The van der Waals surface area contributed by atoms with Crippen LogP contribution in [0.1, 0.15) is 12.0 Å². The number of hydrogen-bond donors (Lipinski definition) is 2. The molecule has 0 aromatic heterocycles. The first-order valence-corrected chi connectivity index (χ1v) is 5.94. The van der Waals surface area contributed by atoms with Gasteiger partial charge in [-0.3, -0.25) is 10.1 Å². The predicted molar refractivity (Wildman–Crippen MR) is 69.4 cm³/mol. The molecule has 0 saturated carbocycles. The number of nitro groups is 1. The molecule has 8 nitrogen and oxygen atoms in total. The van der Waals surface area contributed by atoms with Crippen LogP contribution in [0.15, 0.2) is 18.2 Å². The van der Waals surface area contributed by atoms with Crippen molar-refractivity contribution in [1.29, 1.82) is 5.26 Å². The van der Waals surface area contributed by atoms with Crippen molar-refractivity contribution in [3.05, 3.63) is 33.9 Å². The third-order valence-electron chi connectivity index (χ3n) is 3.14. The van der Waals surface area contributed by atoms with Crippen LogP contribution >= 0.6 is 0 Å². The summed E-state index contributed by atoms with van der Waals surface area (Å²) in [5, 5.41) is 31.6. The van der Waals surface area contributed by atoms with E-state index in [4.69, 9.17) is 10.4 Å². The molecule has 0 bridgehead atoms. The first-order chi connectivity index (χ1) is 9.51. The van der Waals surface area contributed by atoms with Crippen molar-refractivity contribution in [2.75, 3.05) is 18.4 Å². The highest BCUT2D eigenvalue weighted by Crippen LogP contribution is 2.27. The molecule has 1 aliphatic heterocycles. The van der Waals surface area contributed by atoms with Gasteiger partial charge in [-0.1, -0.05) is 0 Å². The normalized spacial score (nSPS) is 17.6. The second-order valence-electron chi connectivity index (χ2n) is 4.46. The Morgan fingerprint density at radius 3 is 2.90 bits per heavy atom. The molecule has 0 aliphatic carbocycles. The number of nitriles is 1. The fourth-order valence-corrected chi connectivity index (χ4v) is 2.15. The molecule has 1 amide bonds. The molecule has 1 unspecified atom stereocenters. The number of rotatable bonds is 3. The van der Waals surface area contributed by atoms with Crippen molar-refractivity contribution in [3.8, 4) is 6.07 Å². The van der Waals surface area contributed by atoms with Gasteiger partial charge in [-0.15, -0.1) is 0 Å². The zero-order valence-corrected chi connectivity index (χ0v) is 10.4. The Morgan fingerprint density at radius 2 is 2.35 bits per heavy atom. The number of anilines is 1. The van der Waals surface area contributed by atoms with Crippen molar-refractivity contribution in [1.82, 2.24) is 4.90 Å². The highest BCUT2D eigenvalue weighted by atomic mass is 16.6. The van der Waals surface area contributed by atoms with E-state index >= 15 is 0 Å². The van der Waals surface area contributed by atoms with Gasteiger partial charge in [-0.05, 0) is 18.6 Å². The fraction of sp³-hybridized carbons (Fsp3) is 0.333. The Labute approximate surface area is 114 Å². The Hall–Kier alpha value is -2.82. The van der Waals surface area contributed by atoms with Crippen molar-refractivity contribution in [3.63, 3.8) is 0 Å². The largest absolute Gasteiger partial charge is 0.465 e. The number of likely N-dealkylation sites (tertiary alicyclic amines) is 1. The molecule has 0 spiro atoms. The maximum absolute atomic E-state index is 11.0. The summed E-state index contributed by atoms with van der Waals surface area (Å²) >= 11 is 0. The number of carboxylic acid groups (broad SMARTS) is 1. The summed E-state index contributed by atoms with van der Waals surface area (Å²) in [5.41, 5.74) is 0.324. The van der Waals surface area contributed by atoms with Crippen LogP contribution in [-0.4, -0.2) is 40.2 Å². The molecule has 2 rings (SSSR count). The van der Waals surface area contributed by atoms with Gasteiger partial charge >= 0.3 is 6.09 Å². The second-order valence-corrected chi connectivity index (χ2v) is 4.46. The van der Waals surface area contributed by atoms with Crippen LogP contribution < -0.4 is 5.32 Å². The number of carbonyl (C=O) groups is 1. The predicted octanol–water partition coefficient (Wildman–Crippen LogP) is 1.63. The van der Waals surface area contributed by atoms with Gasteiger partial charge in [0, 0.05) is 25.2 Å². The Kier molecular flexibility index (Phi) is 3.70. The van der Waals surface area contributed by atoms with Gasteiger partial charge in [0.25, 0.3) is 5.69 Å². The number of benzene rings is 1. The molecular weight excluding hydrogens is 264 g/mol. The zero-order valence-electron chi connectivity index (χ0n) is 10.4. The van der Waals surface area contributed by atoms with Crippen LogP contribution in [0.25, 0.3) is 0 Å². The standard InChI is InChI=1S/C12H12N4O4/c13-6-8-1-2-10(11(5-8)16(19)20)14-9-3-4-15(7-9)12(17)18/h1-2,5,9,14H,3-4,7H2,(H,17,18). The Balaban J connectivity index is 2.16. The highest BCUT2D eigenvalue weighted by Gasteiger charge is 2.27. The Morgan fingerprint density at radius 1 is 1.60 bits per heavy atom. The van der Waals surface area contributed by atoms with E-state index in [1.807, 2.05) is 6.07 Å². The van der Waals surface area contributed by atoms with Crippen molar-refractivity contribution < 1.29 is 14.8 Å². The average molecular weight is 276 g/mol. The van der Waals surface area contributed by atoms with Crippen LogP contribution in [0.2, 0.25) is 0 Å². The number of amides is 1. The lowest BCUT2D eigenvalue weighted by Gasteiger charge is -2.15. The first kappa shape index (κ1) is 13.6. The summed E-state index contributed by atoms with van der Waals surface area (Å²) in [7, 11) is 0. The summed E-state index contributed by atoms with van der Waals surface area (Å²) in [6.45, 7) is 0.684. The van der Waals surface area contributed by atoms with E-state index < -0.39 is 11.0 Å². The van der Waals surface area contributed by atoms with Gasteiger partial charge in [-0.2, -0.15) is 5.26 Å². The molecule has 1 heterocycles. The average Bonchev–Trinajstić information content (AvgIpc) is 2.87. The smallest absolute Gasteiger partial charge is 0.407 e. The van der Waals surface area contributed by atoms with Crippen LogP contribution in [0.4, 0.5) is 16.2 Å². The lowest BCUT2D eigenvalue weighted by atomic mass is 10.1. The Bertz CT molecular complexity index is 596. The van der Waals surface area contributed by atoms with Gasteiger partial charge in [0.05, 0.1) is 16.6 Å². The number of nitrogens with zero attached hydrogens (tertiary/aromatic N) is 3. The molecule has 1 aromatic rings. The second kappa shape index (κ2) is 5.44. The molecule has 104 valence electrons. The fourth-order valence-electron chi connectivity index (χ4n) is 2.15. The molecule has 0 radical (unpaired) electrons. The van der Waals surface area contributed by atoms with Gasteiger partial charge in [0.15, 0.2) is 0 Å². The minimum atomic E-state index is -0.997. The van der Waals surface area contributed by atoms with E-state index in [9.17, 15) is 14.9 Å². The molecule has 1 fully saturated rings. The molecule has 1 saturated heterocycles. The minimum Gasteiger partial charge on any atom is -0.465 e. The summed E-state index contributed by atoms with van der Waals surface area (Å²) in [6, 6.07) is 5.84. The summed E-state index contributed by atoms with van der Waals surface area (Å²) < 4.78 is 0. The molecule has 8 heteroatoms. The lowest BCUT2D eigenvalue weighted by molar-refractivity contribution is -0.384. The van der Waals surface area contributed by atoms with Crippen LogP contribution in [0.3, 0.4) is 0 Å². The van der Waals surface area contributed by atoms with E-state index in [2.05, 4.69) is 5.32 Å². The third-order valence-corrected chi connectivity index (χ3v) is 3.14. The lowest BCUT2D eigenvalue weighted by Crippen LogP contribution is -2.30. The number of nitro benzene ring substituents is 1. The van der Waals surface area contributed by atoms with Gasteiger partial charge in [0.1, 0.15) is 5.69 Å². The van der Waals surface area contributed by atoms with Crippen molar-refractivity contribution in [2.45, 2.75) is 12.5 Å². The highest BCUT2D eigenvalue weighted by molar-refractivity contribution is 5.67. The molecule has 2 N–H and O–H groups in total. The van der Waals surface area contributed by atoms with Gasteiger partial charge in [-0.25, -0.2) is 4.79 Å². The van der Waals surface area contributed by atoms with E-state index in [0.717, 1.165) is 0 Å².